The van der Waals surface area contributed by atoms with Crippen LogP contribution in [0.25, 0.3) is 44.5 Å². The third-order valence-electron chi connectivity index (χ3n) is 12.6. The van der Waals surface area contributed by atoms with Crippen LogP contribution >= 0.6 is 0 Å². The van der Waals surface area contributed by atoms with Crippen molar-refractivity contribution in [3.05, 3.63) is 101 Å². The summed E-state index contributed by atoms with van der Waals surface area (Å²) in [6.07, 6.45) is 0. The standard InChI is InChI=1S/C46H57N3O/c1-27(2)43(47(14)28(3)4)48(29(5)6)26-31(8)46(13)45(11,12)35-22-21-34-40(44(9,10)41-33-17-15-16-18-38(33)50-42(34)41)39(35)37-24-20-32-25-30(7)19-23-36(32)49(37)46/h15-25,27-29H,8,26H2,1-7,9-14H3/q+2. The van der Waals surface area contributed by atoms with E-state index in [2.05, 4.69) is 171 Å². The molecule has 1 aliphatic heterocycles. The average molecular weight is 668 g/mol. The second-order valence-corrected chi connectivity index (χ2v) is 17.2. The Hall–Kier alpha value is -4.18. The molecule has 0 radical (unpaired) electrons. The second-order valence-electron chi connectivity index (χ2n) is 17.2. The number of fused-ring (bicyclic) bond motifs is 11. The summed E-state index contributed by atoms with van der Waals surface area (Å²) in [5, 5.41) is 2.47. The summed E-state index contributed by atoms with van der Waals surface area (Å²) in [6, 6.07) is 25.6. The predicted octanol–water partition coefficient (Wildman–Crippen LogP) is 10.5. The maximum atomic E-state index is 6.68. The first kappa shape index (κ1) is 34.3. The molecule has 0 amide bonds. The van der Waals surface area contributed by atoms with Crippen molar-refractivity contribution >= 4 is 27.7 Å². The Morgan fingerprint density at radius 1 is 0.880 bits per heavy atom. The van der Waals surface area contributed by atoms with Gasteiger partial charge in [0.2, 0.25) is 17.0 Å². The molecule has 4 nitrogen and oxygen atoms in total. The zero-order valence-electron chi connectivity index (χ0n) is 32.7. The molecule has 260 valence electrons. The zero-order valence-corrected chi connectivity index (χ0v) is 32.7. The van der Waals surface area contributed by atoms with Crippen molar-refractivity contribution < 1.29 is 13.6 Å². The monoisotopic (exact) mass is 667 g/mol. The van der Waals surface area contributed by atoms with E-state index in [9.17, 15) is 0 Å². The molecule has 0 saturated carbocycles. The first-order valence-electron chi connectivity index (χ1n) is 18.7. The van der Waals surface area contributed by atoms with Crippen molar-refractivity contribution in [2.45, 2.75) is 112 Å². The Balaban J connectivity index is 1.52. The Bertz CT molecular complexity index is 2240. The summed E-state index contributed by atoms with van der Waals surface area (Å²) < 4.78 is 11.8. The molecule has 2 aliphatic rings. The van der Waals surface area contributed by atoms with Crippen molar-refractivity contribution in [2.75, 3.05) is 13.6 Å². The van der Waals surface area contributed by atoms with Gasteiger partial charge < -0.3 is 4.42 Å². The molecule has 50 heavy (non-hydrogen) atoms. The molecule has 0 fully saturated rings. The van der Waals surface area contributed by atoms with E-state index in [4.69, 9.17) is 11.0 Å². The van der Waals surface area contributed by atoms with Crippen molar-refractivity contribution in [2.24, 2.45) is 5.92 Å². The Morgan fingerprint density at radius 2 is 1.58 bits per heavy atom. The van der Waals surface area contributed by atoms with E-state index in [0.29, 0.717) is 18.0 Å². The van der Waals surface area contributed by atoms with Gasteiger partial charge in [-0.05, 0) is 77.8 Å². The fraction of sp³-hybridized carbons (Fsp3) is 0.435. The Kier molecular flexibility index (Phi) is 7.83. The van der Waals surface area contributed by atoms with Gasteiger partial charge in [0.15, 0.2) is 5.54 Å². The summed E-state index contributed by atoms with van der Waals surface area (Å²) in [5.41, 5.74) is 11.5. The normalized spacial score (nSPS) is 19.1. The van der Waals surface area contributed by atoms with Gasteiger partial charge in [-0.1, -0.05) is 76.2 Å². The van der Waals surface area contributed by atoms with Gasteiger partial charge in [0, 0.05) is 51.9 Å². The van der Waals surface area contributed by atoms with Crippen LogP contribution in [0.4, 0.5) is 0 Å². The molecule has 0 bridgehead atoms. The van der Waals surface area contributed by atoms with E-state index >= 15 is 0 Å². The van der Waals surface area contributed by atoms with E-state index in [1.165, 1.54) is 66.8 Å². The van der Waals surface area contributed by atoms with Crippen LogP contribution in [0.15, 0.2) is 83.3 Å². The van der Waals surface area contributed by atoms with Crippen LogP contribution in [-0.2, 0) is 16.4 Å². The maximum Gasteiger partial charge on any atom is 0.249 e. The summed E-state index contributed by atoms with van der Waals surface area (Å²) in [7, 11) is 2.25. The van der Waals surface area contributed by atoms with Gasteiger partial charge in [0.1, 0.15) is 17.9 Å². The van der Waals surface area contributed by atoms with Gasteiger partial charge in [0.25, 0.3) is 0 Å². The minimum absolute atomic E-state index is 0.249. The van der Waals surface area contributed by atoms with Crippen molar-refractivity contribution in [3.8, 4) is 22.6 Å². The number of furan rings is 1. The largest absolute Gasteiger partial charge is 0.456 e. The molecule has 7 rings (SSSR count). The van der Waals surface area contributed by atoms with Crippen LogP contribution in [0.5, 0.6) is 0 Å². The van der Waals surface area contributed by atoms with E-state index in [1.54, 1.807) is 0 Å². The summed E-state index contributed by atoms with van der Waals surface area (Å²) in [6.45, 7) is 34.0. The van der Waals surface area contributed by atoms with Gasteiger partial charge >= 0.3 is 0 Å². The summed E-state index contributed by atoms with van der Waals surface area (Å²) in [4.78, 5) is 2.61. The molecular formula is C46H57N3O+2. The molecular weight excluding hydrogens is 611 g/mol. The highest BCUT2D eigenvalue weighted by Gasteiger charge is 2.61. The molecule has 1 aliphatic carbocycles. The van der Waals surface area contributed by atoms with Gasteiger partial charge in [0.05, 0.1) is 36.0 Å². The quantitative estimate of drug-likeness (QED) is 0.0779. The average Bonchev–Trinajstić information content (AvgIpc) is 3.55. The van der Waals surface area contributed by atoms with Crippen LogP contribution < -0.4 is 4.57 Å². The first-order valence-corrected chi connectivity index (χ1v) is 18.7. The van der Waals surface area contributed by atoms with Gasteiger partial charge in [-0.25, -0.2) is 0 Å². The van der Waals surface area contributed by atoms with E-state index in [1.807, 2.05) is 0 Å². The van der Waals surface area contributed by atoms with Gasteiger partial charge in [-0.15, -0.1) is 0 Å². The molecule has 3 heterocycles. The number of amidine groups is 1. The highest BCUT2D eigenvalue weighted by atomic mass is 16.3. The first-order chi connectivity index (χ1) is 23.4. The summed E-state index contributed by atoms with van der Waals surface area (Å²) in [5.74, 6) is 2.76. The smallest absolute Gasteiger partial charge is 0.249 e. The van der Waals surface area contributed by atoms with Crippen LogP contribution in [-0.4, -0.2) is 41.0 Å². The molecule has 0 saturated heterocycles. The van der Waals surface area contributed by atoms with Crippen molar-refractivity contribution in [3.63, 3.8) is 0 Å². The number of hydrogen-bond acceptors (Lipinski definition) is 1. The minimum Gasteiger partial charge on any atom is -0.456 e. The van der Waals surface area contributed by atoms with Gasteiger partial charge in [-0.3, -0.25) is 9.48 Å². The third-order valence-corrected chi connectivity index (χ3v) is 12.6. The third kappa shape index (κ3) is 4.55. The number of aromatic nitrogens is 1. The summed E-state index contributed by atoms with van der Waals surface area (Å²) >= 11 is 0. The van der Waals surface area contributed by atoms with Crippen LogP contribution in [0, 0.1) is 12.8 Å². The Morgan fingerprint density at radius 3 is 2.24 bits per heavy atom. The molecule has 4 heteroatoms. The van der Waals surface area contributed by atoms with Crippen LogP contribution in [0.2, 0.25) is 0 Å². The maximum absolute atomic E-state index is 6.68. The second kappa shape index (κ2) is 11.4. The van der Waals surface area contributed by atoms with Crippen molar-refractivity contribution in [1.82, 2.24) is 4.90 Å². The van der Waals surface area contributed by atoms with Gasteiger partial charge in [-0.2, -0.15) is 4.57 Å². The lowest BCUT2D eigenvalue weighted by Crippen LogP contribution is -2.69. The number of pyridine rings is 1. The number of nitrogens with zero attached hydrogens (tertiary/aromatic N) is 3. The van der Waals surface area contributed by atoms with Crippen molar-refractivity contribution in [1.29, 1.82) is 0 Å². The molecule has 3 aromatic carbocycles. The lowest BCUT2D eigenvalue weighted by Gasteiger charge is -2.47. The number of benzene rings is 3. The number of hydrogen-bond donors (Lipinski definition) is 0. The number of para-hydroxylation sites is 1. The number of aryl methyl sites for hydroxylation is 1. The molecule has 0 spiro atoms. The molecule has 2 aromatic heterocycles. The highest BCUT2D eigenvalue weighted by molar-refractivity contribution is 5.97. The zero-order chi connectivity index (χ0) is 36.2. The topological polar surface area (TPSA) is 23.3 Å². The molecule has 1 atom stereocenters. The Labute approximate surface area is 300 Å². The fourth-order valence-corrected chi connectivity index (χ4v) is 9.51. The molecule has 0 N–H and O–H groups in total. The molecule has 1 unspecified atom stereocenters. The number of rotatable bonds is 6. The van der Waals surface area contributed by atoms with E-state index in [0.717, 1.165) is 17.9 Å². The van der Waals surface area contributed by atoms with E-state index in [-0.39, 0.29) is 10.8 Å². The lowest BCUT2D eigenvalue weighted by molar-refractivity contribution is -0.731. The minimum atomic E-state index is -0.452. The lowest BCUT2D eigenvalue weighted by atomic mass is 9.59. The fourth-order valence-electron chi connectivity index (χ4n) is 9.51. The molecule has 5 aromatic rings. The highest BCUT2D eigenvalue weighted by Crippen LogP contribution is 2.60. The van der Waals surface area contributed by atoms with Crippen LogP contribution in [0.1, 0.15) is 98.4 Å². The predicted molar refractivity (Wildman–Crippen MR) is 210 cm³/mol. The van der Waals surface area contributed by atoms with Crippen LogP contribution in [0.3, 0.4) is 0 Å². The van der Waals surface area contributed by atoms with E-state index < -0.39 is 5.54 Å². The SMILES string of the molecule is C=C(CN(/C(C(C)C)=[N+](\C)C(C)C)C(C)C)C1(C)[n+]2c(ccc3cc(C)ccc32)-c2c(ccc3c2C(C)(C)c2c-3oc3ccccc23)C1(C)C.